The lowest BCUT2D eigenvalue weighted by atomic mass is 9.86. The number of urea groups is 1. The molecule has 2 aromatic rings. The number of carbonyl (C=O) groups excluding carboxylic acids is 3. The molecule has 29 heavy (non-hydrogen) atoms. The fourth-order valence-corrected chi connectivity index (χ4v) is 3.29. The average Bonchev–Trinajstić information content (AvgIpc) is 2.87. The van der Waals surface area contributed by atoms with E-state index < -0.39 is 41.4 Å². The van der Waals surface area contributed by atoms with Crippen molar-refractivity contribution >= 4 is 17.7 Å². The minimum atomic E-state index is -1.79. The quantitative estimate of drug-likeness (QED) is 0.625. The molecule has 152 valence electrons. The van der Waals surface area contributed by atoms with Gasteiger partial charge in [-0.25, -0.2) is 13.6 Å². The van der Waals surface area contributed by atoms with Crippen molar-refractivity contribution in [2.75, 3.05) is 6.54 Å². The molecule has 3 rings (SSSR count). The minimum Gasteiger partial charge on any atom is -0.319 e. The zero-order valence-electron chi connectivity index (χ0n) is 16.7. The van der Waals surface area contributed by atoms with Gasteiger partial charge in [-0.05, 0) is 36.1 Å². The molecule has 2 aromatic carbocycles. The van der Waals surface area contributed by atoms with E-state index in [0.717, 1.165) is 28.7 Å². The van der Waals surface area contributed by atoms with Crippen LogP contribution in [0.25, 0.3) is 0 Å². The van der Waals surface area contributed by atoms with Gasteiger partial charge in [-0.2, -0.15) is 0 Å². The molecule has 1 N–H and O–H groups in total. The van der Waals surface area contributed by atoms with Gasteiger partial charge in [-0.1, -0.05) is 45.0 Å². The van der Waals surface area contributed by atoms with Gasteiger partial charge in [0.1, 0.15) is 17.2 Å². The highest BCUT2D eigenvalue weighted by atomic mass is 19.1. The first-order valence-electron chi connectivity index (χ1n) is 9.17. The molecule has 0 aromatic heterocycles. The fraction of sp³-hybridized carbons (Fsp3) is 0.318. The Morgan fingerprint density at radius 1 is 1.07 bits per heavy atom. The van der Waals surface area contributed by atoms with Crippen molar-refractivity contribution in [1.82, 2.24) is 10.2 Å². The molecule has 0 bridgehead atoms. The Hall–Kier alpha value is -3.09. The van der Waals surface area contributed by atoms with Gasteiger partial charge in [0, 0.05) is 11.1 Å². The maximum absolute atomic E-state index is 14.2. The van der Waals surface area contributed by atoms with E-state index >= 15 is 0 Å². The number of Topliss-reactive ketones (excluding diaryl/α,β-unsaturated/α-hetero) is 1. The number of hydrogen-bond donors (Lipinski definition) is 1. The molecule has 5 nitrogen and oxygen atoms in total. The van der Waals surface area contributed by atoms with Gasteiger partial charge in [-0.15, -0.1) is 0 Å². The zero-order valence-corrected chi connectivity index (χ0v) is 16.7. The number of benzene rings is 2. The third-order valence-corrected chi connectivity index (χ3v) is 5.12. The molecule has 7 heteroatoms. The lowest BCUT2D eigenvalue weighted by molar-refractivity contribution is -0.130. The summed E-state index contributed by atoms with van der Waals surface area (Å²) in [5.74, 6) is -2.81. The van der Waals surface area contributed by atoms with Crippen molar-refractivity contribution in [1.29, 1.82) is 0 Å². The highest BCUT2D eigenvalue weighted by Crippen LogP contribution is 2.31. The van der Waals surface area contributed by atoms with Crippen molar-refractivity contribution in [2.45, 2.75) is 38.6 Å². The van der Waals surface area contributed by atoms with Crippen molar-refractivity contribution in [3.05, 3.63) is 70.8 Å². The molecule has 1 atom stereocenters. The minimum absolute atomic E-state index is 0.0801. The number of imide groups is 1. The van der Waals surface area contributed by atoms with Crippen LogP contribution in [0.1, 0.15) is 49.2 Å². The van der Waals surface area contributed by atoms with Crippen LogP contribution in [0.2, 0.25) is 0 Å². The van der Waals surface area contributed by atoms with E-state index in [9.17, 15) is 23.2 Å². The lowest BCUT2D eigenvalue weighted by Crippen LogP contribution is -2.42. The first-order valence-corrected chi connectivity index (χ1v) is 9.17. The fourth-order valence-electron chi connectivity index (χ4n) is 3.29. The maximum Gasteiger partial charge on any atom is 0.325 e. The van der Waals surface area contributed by atoms with Crippen LogP contribution in [0.3, 0.4) is 0 Å². The third kappa shape index (κ3) is 3.77. The second-order valence-corrected chi connectivity index (χ2v) is 8.32. The summed E-state index contributed by atoms with van der Waals surface area (Å²) in [7, 11) is 0. The van der Waals surface area contributed by atoms with E-state index in [0.29, 0.717) is 5.56 Å². The predicted octanol–water partition coefficient (Wildman–Crippen LogP) is 3.91. The molecular weight excluding hydrogens is 378 g/mol. The largest absolute Gasteiger partial charge is 0.325 e. The van der Waals surface area contributed by atoms with E-state index in [-0.39, 0.29) is 11.0 Å². The van der Waals surface area contributed by atoms with Crippen molar-refractivity contribution in [3.8, 4) is 0 Å². The van der Waals surface area contributed by atoms with Crippen molar-refractivity contribution in [3.63, 3.8) is 0 Å². The number of rotatable bonds is 4. The summed E-state index contributed by atoms with van der Waals surface area (Å²) in [6, 6.07) is 8.78. The van der Waals surface area contributed by atoms with Gasteiger partial charge in [0.2, 0.25) is 0 Å². The monoisotopic (exact) mass is 400 g/mol. The van der Waals surface area contributed by atoms with Gasteiger partial charge < -0.3 is 5.32 Å². The van der Waals surface area contributed by atoms with Crippen LogP contribution >= 0.6 is 0 Å². The van der Waals surface area contributed by atoms with Crippen LogP contribution < -0.4 is 5.32 Å². The summed E-state index contributed by atoms with van der Waals surface area (Å²) in [4.78, 5) is 38.5. The molecule has 0 aliphatic carbocycles. The van der Waals surface area contributed by atoms with E-state index in [1.807, 2.05) is 32.9 Å². The number of ketones is 1. The first kappa shape index (κ1) is 20.6. The molecule has 1 aliphatic rings. The number of amides is 3. The highest BCUT2D eigenvalue weighted by Gasteiger charge is 2.50. The molecule has 1 fully saturated rings. The van der Waals surface area contributed by atoms with Crippen LogP contribution in [0.5, 0.6) is 0 Å². The van der Waals surface area contributed by atoms with E-state index in [2.05, 4.69) is 5.32 Å². The molecule has 1 aliphatic heterocycles. The Morgan fingerprint density at radius 3 is 2.28 bits per heavy atom. The SMILES string of the molecule is CC(C)(C)c1ccc(C(=O)CN2C(=O)N[C@](C)(c3cc(F)ccc3F)C2=O)cc1. The molecule has 0 radical (unpaired) electrons. The third-order valence-electron chi connectivity index (χ3n) is 5.12. The van der Waals surface area contributed by atoms with Gasteiger partial charge in [0.05, 0.1) is 6.54 Å². The summed E-state index contributed by atoms with van der Waals surface area (Å²) < 4.78 is 27.8. The van der Waals surface area contributed by atoms with Crippen LogP contribution in [0.4, 0.5) is 13.6 Å². The predicted molar refractivity (Wildman–Crippen MR) is 103 cm³/mol. The highest BCUT2D eigenvalue weighted by molar-refractivity contribution is 6.11. The number of nitrogens with zero attached hydrogens (tertiary/aromatic N) is 1. The smallest absolute Gasteiger partial charge is 0.319 e. The number of nitrogens with one attached hydrogen (secondary N) is 1. The summed E-state index contributed by atoms with van der Waals surface area (Å²) in [5.41, 5.74) is -0.772. The normalized spacial score (nSPS) is 19.4. The topological polar surface area (TPSA) is 66.5 Å². The van der Waals surface area contributed by atoms with Gasteiger partial charge in [-0.3, -0.25) is 14.5 Å². The first-order chi connectivity index (χ1) is 13.4. The summed E-state index contributed by atoms with van der Waals surface area (Å²) in [5, 5.41) is 2.38. The second-order valence-electron chi connectivity index (χ2n) is 8.32. The molecule has 1 saturated heterocycles. The van der Waals surface area contributed by atoms with Crippen LogP contribution in [0, 0.1) is 11.6 Å². The van der Waals surface area contributed by atoms with Crippen molar-refractivity contribution in [2.24, 2.45) is 0 Å². The van der Waals surface area contributed by atoms with E-state index in [1.54, 1.807) is 12.1 Å². The molecule has 0 saturated carbocycles. The Morgan fingerprint density at radius 2 is 1.69 bits per heavy atom. The summed E-state index contributed by atoms with van der Waals surface area (Å²) >= 11 is 0. The Balaban J connectivity index is 1.83. The van der Waals surface area contributed by atoms with E-state index in [1.165, 1.54) is 6.92 Å². The molecule has 1 heterocycles. The second kappa shape index (κ2) is 7.06. The summed E-state index contributed by atoms with van der Waals surface area (Å²) in [6.07, 6.45) is 0. The lowest BCUT2D eigenvalue weighted by Gasteiger charge is -2.22. The van der Waals surface area contributed by atoms with Gasteiger partial charge in [0.25, 0.3) is 5.91 Å². The standard InChI is InChI=1S/C22H22F2N2O3/c1-21(2,3)14-7-5-13(6-8-14)18(27)12-26-19(28)22(4,25-20(26)29)16-11-15(23)9-10-17(16)24/h5-11H,12H2,1-4H3,(H,25,29)/t22-/m1/s1. The van der Waals surface area contributed by atoms with Gasteiger partial charge >= 0.3 is 6.03 Å². The van der Waals surface area contributed by atoms with E-state index in [4.69, 9.17) is 0 Å². The number of hydrogen-bond acceptors (Lipinski definition) is 3. The zero-order chi connectivity index (χ0) is 21.6. The van der Waals surface area contributed by atoms with Gasteiger partial charge in [0.15, 0.2) is 5.78 Å². The Labute approximate surface area is 167 Å². The Bertz CT molecular complexity index is 996. The molecule has 3 amide bonds. The van der Waals surface area contributed by atoms with Crippen LogP contribution in [-0.2, 0) is 15.7 Å². The molecular formula is C22H22F2N2O3. The number of halogens is 2. The van der Waals surface area contributed by atoms with Crippen LogP contribution in [0.15, 0.2) is 42.5 Å². The maximum atomic E-state index is 14.2. The molecule has 0 unspecified atom stereocenters. The summed E-state index contributed by atoms with van der Waals surface area (Å²) in [6.45, 7) is 6.93. The number of carbonyl (C=O) groups is 3. The average molecular weight is 400 g/mol. The van der Waals surface area contributed by atoms with Crippen LogP contribution in [-0.4, -0.2) is 29.2 Å². The molecule has 0 spiro atoms. The Kier molecular flexibility index (Phi) is 5.03. The van der Waals surface area contributed by atoms with Crippen molar-refractivity contribution < 1.29 is 23.2 Å².